The molecule has 0 rings (SSSR count). The van der Waals surface area contributed by atoms with Gasteiger partial charge in [-0.25, -0.2) is 0 Å². The minimum Gasteiger partial charge on any atom is -0.0654 e. The van der Waals surface area contributed by atoms with Gasteiger partial charge in [0.15, 0.2) is 0 Å². The van der Waals surface area contributed by atoms with Crippen LogP contribution in [0.3, 0.4) is 0 Å². The van der Waals surface area contributed by atoms with E-state index in [-0.39, 0.29) is 0 Å². The maximum absolute atomic E-state index is 2.40. The molecule has 0 spiro atoms. The molecular formula is C14H30. The van der Waals surface area contributed by atoms with E-state index in [0.29, 0.717) is 0 Å². The van der Waals surface area contributed by atoms with E-state index in [1.165, 1.54) is 38.5 Å². The molecule has 0 amide bonds. The van der Waals surface area contributed by atoms with Crippen molar-refractivity contribution in [1.82, 2.24) is 0 Å². The molecule has 0 aliphatic rings. The summed E-state index contributed by atoms with van der Waals surface area (Å²) in [6.45, 7) is 11.8. The summed E-state index contributed by atoms with van der Waals surface area (Å²) in [5, 5.41) is 0. The fraction of sp³-hybridized carbons (Fsp3) is 1.00. The molecule has 0 radical (unpaired) electrons. The minimum atomic E-state index is 0.873. The van der Waals surface area contributed by atoms with E-state index in [1.807, 2.05) is 0 Å². The second-order valence-corrected chi connectivity index (χ2v) is 5.03. The summed E-state index contributed by atoms with van der Waals surface area (Å²) < 4.78 is 0. The summed E-state index contributed by atoms with van der Waals surface area (Å²) in [4.78, 5) is 0. The van der Waals surface area contributed by atoms with Crippen molar-refractivity contribution in [2.24, 2.45) is 17.8 Å². The first-order valence-corrected chi connectivity index (χ1v) is 6.67. The zero-order valence-electron chi connectivity index (χ0n) is 11.0. The highest BCUT2D eigenvalue weighted by atomic mass is 14.3. The van der Waals surface area contributed by atoms with Gasteiger partial charge in [0.05, 0.1) is 0 Å². The van der Waals surface area contributed by atoms with Crippen LogP contribution < -0.4 is 0 Å². The molecule has 0 nitrogen and oxygen atoms in total. The monoisotopic (exact) mass is 198 g/mol. The molecule has 0 heteroatoms. The quantitative estimate of drug-likeness (QED) is 0.498. The molecule has 0 saturated carbocycles. The summed E-state index contributed by atoms with van der Waals surface area (Å²) in [6.07, 6.45) is 8.39. The van der Waals surface area contributed by atoms with Crippen molar-refractivity contribution in [3.8, 4) is 0 Å². The van der Waals surface area contributed by atoms with Gasteiger partial charge in [-0.05, 0) is 17.8 Å². The van der Waals surface area contributed by atoms with Crippen molar-refractivity contribution in [2.75, 3.05) is 0 Å². The minimum absolute atomic E-state index is 0.873. The molecule has 0 bridgehead atoms. The van der Waals surface area contributed by atoms with Crippen molar-refractivity contribution in [3.05, 3.63) is 0 Å². The molecule has 0 saturated heterocycles. The van der Waals surface area contributed by atoms with Gasteiger partial charge in [-0.15, -0.1) is 0 Å². The zero-order valence-corrected chi connectivity index (χ0v) is 11.0. The van der Waals surface area contributed by atoms with Gasteiger partial charge in [-0.1, -0.05) is 73.1 Å². The first kappa shape index (κ1) is 14.0. The van der Waals surface area contributed by atoms with Crippen LogP contribution in [0.4, 0.5) is 0 Å². The van der Waals surface area contributed by atoms with Crippen molar-refractivity contribution in [1.29, 1.82) is 0 Å². The van der Waals surface area contributed by atoms with Gasteiger partial charge in [-0.3, -0.25) is 0 Å². The van der Waals surface area contributed by atoms with E-state index in [2.05, 4.69) is 34.6 Å². The van der Waals surface area contributed by atoms with Gasteiger partial charge in [0.2, 0.25) is 0 Å². The zero-order chi connectivity index (χ0) is 11.0. The second kappa shape index (κ2) is 8.32. The van der Waals surface area contributed by atoms with E-state index in [1.54, 1.807) is 0 Å². The van der Waals surface area contributed by atoms with E-state index in [9.17, 15) is 0 Å². The van der Waals surface area contributed by atoms with Crippen LogP contribution in [0.15, 0.2) is 0 Å². The van der Waals surface area contributed by atoms with E-state index in [4.69, 9.17) is 0 Å². The third-order valence-electron chi connectivity index (χ3n) is 3.40. The largest absolute Gasteiger partial charge is 0.0654 e. The van der Waals surface area contributed by atoms with Crippen molar-refractivity contribution in [2.45, 2.75) is 73.1 Å². The highest BCUT2D eigenvalue weighted by Crippen LogP contribution is 2.32. The fourth-order valence-electron chi connectivity index (χ4n) is 2.76. The van der Waals surface area contributed by atoms with E-state index in [0.717, 1.165) is 17.8 Å². The Morgan fingerprint density at radius 3 is 1.43 bits per heavy atom. The van der Waals surface area contributed by atoms with Gasteiger partial charge in [0.1, 0.15) is 0 Å². The van der Waals surface area contributed by atoms with E-state index < -0.39 is 0 Å². The van der Waals surface area contributed by atoms with Crippen LogP contribution >= 0.6 is 0 Å². The molecular weight excluding hydrogens is 168 g/mol. The Balaban J connectivity index is 4.21. The third-order valence-corrected chi connectivity index (χ3v) is 3.40. The van der Waals surface area contributed by atoms with E-state index >= 15 is 0 Å². The molecule has 0 heterocycles. The Labute approximate surface area is 91.5 Å². The maximum atomic E-state index is 2.40. The normalized spacial score (nSPS) is 13.9. The lowest BCUT2D eigenvalue weighted by Gasteiger charge is -2.30. The predicted molar refractivity (Wildman–Crippen MR) is 66.5 cm³/mol. The maximum Gasteiger partial charge on any atom is -0.0363 e. The lowest BCUT2D eigenvalue weighted by Crippen LogP contribution is -2.20. The molecule has 0 N–H and O–H groups in total. The van der Waals surface area contributed by atoms with Gasteiger partial charge >= 0.3 is 0 Å². The van der Waals surface area contributed by atoms with Gasteiger partial charge < -0.3 is 0 Å². The van der Waals surface area contributed by atoms with Crippen LogP contribution in [0.1, 0.15) is 73.1 Å². The first-order chi connectivity index (χ1) is 6.67. The average Bonchev–Trinajstić information content (AvgIpc) is 2.13. The molecule has 0 aliphatic carbocycles. The molecule has 0 aromatic rings. The first-order valence-electron chi connectivity index (χ1n) is 6.67. The lowest BCUT2D eigenvalue weighted by atomic mass is 9.76. The molecule has 0 aromatic heterocycles. The molecule has 0 aliphatic heterocycles. The highest BCUT2D eigenvalue weighted by molar-refractivity contribution is 4.72. The van der Waals surface area contributed by atoms with Crippen molar-refractivity contribution in [3.63, 3.8) is 0 Å². The number of hydrogen-bond donors (Lipinski definition) is 0. The topological polar surface area (TPSA) is 0 Å². The molecule has 0 aromatic carbocycles. The van der Waals surface area contributed by atoms with Crippen LogP contribution in [0, 0.1) is 17.8 Å². The summed E-state index contributed by atoms with van der Waals surface area (Å²) in [7, 11) is 0. The summed E-state index contributed by atoms with van der Waals surface area (Å²) in [5.74, 6) is 2.84. The Hall–Kier alpha value is 0. The Kier molecular flexibility index (Phi) is 8.32. The molecule has 1 atom stereocenters. The average molecular weight is 198 g/mol. The van der Waals surface area contributed by atoms with Gasteiger partial charge in [0.25, 0.3) is 0 Å². The number of rotatable bonds is 8. The highest BCUT2D eigenvalue weighted by Gasteiger charge is 2.21. The summed E-state index contributed by atoms with van der Waals surface area (Å²) >= 11 is 0. The third kappa shape index (κ3) is 5.02. The Bertz CT molecular complexity index is 109. The molecule has 14 heavy (non-hydrogen) atoms. The number of hydrogen-bond acceptors (Lipinski definition) is 0. The van der Waals surface area contributed by atoms with Crippen molar-refractivity contribution >= 4 is 0 Å². The molecule has 1 unspecified atom stereocenters. The van der Waals surface area contributed by atoms with Crippen LogP contribution in [-0.2, 0) is 0 Å². The van der Waals surface area contributed by atoms with Gasteiger partial charge in [-0.2, -0.15) is 0 Å². The van der Waals surface area contributed by atoms with Crippen LogP contribution in [0.5, 0.6) is 0 Å². The second-order valence-electron chi connectivity index (χ2n) is 5.03. The van der Waals surface area contributed by atoms with Gasteiger partial charge in [0, 0.05) is 0 Å². The predicted octanol–water partition coefficient (Wildman–Crippen LogP) is 5.28. The fourth-order valence-corrected chi connectivity index (χ4v) is 2.76. The van der Waals surface area contributed by atoms with Crippen molar-refractivity contribution < 1.29 is 0 Å². The van der Waals surface area contributed by atoms with Crippen LogP contribution in [-0.4, -0.2) is 0 Å². The molecule has 0 fully saturated rings. The summed E-state index contributed by atoms with van der Waals surface area (Å²) in [5.41, 5.74) is 0. The smallest absolute Gasteiger partial charge is 0.0363 e. The Morgan fingerprint density at radius 1 is 0.714 bits per heavy atom. The SMILES string of the molecule is CCCC(CCC)C(CCC)C(C)C. The summed E-state index contributed by atoms with van der Waals surface area (Å²) in [6, 6.07) is 0. The standard InChI is InChI=1S/C14H30/c1-6-9-13(10-7-2)14(11-8-3)12(4)5/h12-14H,6-11H2,1-5H3. The lowest BCUT2D eigenvalue weighted by molar-refractivity contribution is 0.208. The molecule has 86 valence electrons. The Morgan fingerprint density at radius 2 is 1.14 bits per heavy atom. The van der Waals surface area contributed by atoms with Crippen LogP contribution in [0.2, 0.25) is 0 Å². The van der Waals surface area contributed by atoms with Crippen LogP contribution in [0.25, 0.3) is 0 Å².